The summed E-state index contributed by atoms with van der Waals surface area (Å²) in [6.07, 6.45) is -0.0533. The van der Waals surface area contributed by atoms with Gasteiger partial charge in [0.1, 0.15) is 6.61 Å². The molecule has 0 aliphatic carbocycles. The van der Waals surface area contributed by atoms with E-state index in [1.807, 2.05) is 60.7 Å². The molecule has 2 aromatic carbocycles. The van der Waals surface area contributed by atoms with Gasteiger partial charge in [-0.1, -0.05) is 83.3 Å². The number of carbonyl (C=O) groups is 1. The Morgan fingerprint density at radius 1 is 1.15 bits per heavy atom. The largest absolute Gasteiger partial charge is 0.445 e. The highest BCUT2D eigenvalue weighted by Gasteiger charge is 2.34. The zero-order valence-electron chi connectivity index (χ0n) is 14.3. The fourth-order valence-electron chi connectivity index (χ4n) is 2.99. The van der Waals surface area contributed by atoms with E-state index in [1.54, 1.807) is 0 Å². The third-order valence-electron chi connectivity index (χ3n) is 4.37. The van der Waals surface area contributed by atoms with Gasteiger partial charge in [-0.2, -0.15) is 0 Å². The molecule has 0 spiro atoms. The van der Waals surface area contributed by atoms with Crippen LogP contribution >= 0.6 is 22.6 Å². The first kappa shape index (κ1) is 19.1. The van der Waals surface area contributed by atoms with Crippen LogP contribution in [0.3, 0.4) is 0 Å². The zero-order chi connectivity index (χ0) is 18.4. The van der Waals surface area contributed by atoms with Gasteiger partial charge in [-0.15, -0.1) is 0 Å². The summed E-state index contributed by atoms with van der Waals surface area (Å²) in [7, 11) is 0. The molecule has 5 nitrogen and oxygen atoms in total. The predicted molar refractivity (Wildman–Crippen MR) is 107 cm³/mol. The Bertz CT molecular complexity index is 697. The summed E-state index contributed by atoms with van der Waals surface area (Å²) in [6.45, 7) is 0.207. The minimum absolute atomic E-state index is 0.0605. The van der Waals surface area contributed by atoms with Crippen LogP contribution in [0.4, 0.5) is 4.79 Å². The smallest absolute Gasteiger partial charge is 0.408 e. The molecule has 3 rings (SSSR count). The molecule has 0 radical (unpaired) electrons. The molecule has 0 aromatic heterocycles. The molecule has 6 heteroatoms. The van der Waals surface area contributed by atoms with Gasteiger partial charge in [0.2, 0.25) is 0 Å². The molecule has 0 saturated carbocycles. The van der Waals surface area contributed by atoms with E-state index < -0.39 is 12.4 Å². The van der Waals surface area contributed by atoms with Gasteiger partial charge in [0.25, 0.3) is 0 Å². The van der Waals surface area contributed by atoms with E-state index in [0.29, 0.717) is 0 Å². The second-order valence-electron chi connectivity index (χ2n) is 6.25. The SMILES string of the molecule is O=C(NC(c1ccccc1)[C@@H]1CCC(I)C(O)O1)OCc1ccccc1. The van der Waals surface area contributed by atoms with Gasteiger partial charge < -0.3 is 19.9 Å². The number of hydrogen-bond acceptors (Lipinski definition) is 4. The van der Waals surface area contributed by atoms with Crippen LogP contribution in [-0.2, 0) is 16.1 Å². The maximum absolute atomic E-state index is 12.3. The molecule has 2 aromatic rings. The summed E-state index contributed by atoms with van der Waals surface area (Å²) >= 11 is 2.19. The summed E-state index contributed by atoms with van der Waals surface area (Å²) in [6, 6.07) is 18.8. The van der Waals surface area contributed by atoms with Crippen molar-refractivity contribution in [2.45, 2.75) is 41.8 Å². The lowest BCUT2D eigenvalue weighted by Gasteiger charge is -2.35. The molecule has 1 amide bonds. The third kappa shape index (κ3) is 5.18. The normalized spacial score (nSPS) is 23.8. The standard InChI is InChI=1S/C20H22INO4/c21-16-11-12-17(26-19(16)23)18(15-9-5-2-6-10-15)22-20(24)25-13-14-7-3-1-4-8-14/h1-10,16-19,23H,11-13H2,(H,22,24)/t16?,17-,18?,19?/m0/s1. The number of ether oxygens (including phenoxy) is 2. The van der Waals surface area contributed by atoms with Crippen LogP contribution < -0.4 is 5.32 Å². The number of aliphatic hydroxyl groups is 1. The number of aliphatic hydroxyl groups excluding tert-OH is 1. The minimum atomic E-state index is -0.831. The van der Waals surface area contributed by atoms with Crippen LogP contribution in [0, 0.1) is 0 Å². The highest BCUT2D eigenvalue weighted by Crippen LogP contribution is 2.31. The molecule has 3 unspecified atom stereocenters. The lowest BCUT2D eigenvalue weighted by atomic mass is 9.95. The summed E-state index contributed by atoms with van der Waals surface area (Å²) < 4.78 is 11.2. The van der Waals surface area contributed by atoms with E-state index in [4.69, 9.17) is 9.47 Å². The number of benzene rings is 2. The second-order valence-corrected chi connectivity index (χ2v) is 7.85. The first-order valence-electron chi connectivity index (χ1n) is 8.63. The third-order valence-corrected chi connectivity index (χ3v) is 5.61. The molecular formula is C20H22INO4. The maximum atomic E-state index is 12.3. The Morgan fingerprint density at radius 3 is 2.46 bits per heavy atom. The first-order valence-corrected chi connectivity index (χ1v) is 9.88. The minimum Gasteiger partial charge on any atom is -0.445 e. The molecular weight excluding hydrogens is 445 g/mol. The van der Waals surface area contributed by atoms with Crippen molar-refractivity contribution in [3.8, 4) is 0 Å². The van der Waals surface area contributed by atoms with Gasteiger partial charge in [0.05, 0.1) is 16.1 Å². The molecule has 4 atom stereocenters. The van der Waals surface area contributed by atoms with E-state index in [0.717, 1.165) is 24.0 Å². The van der Waals surface area contributed by atoms with Crippen LogP contribution in [0.25, 0.3) is 0 Å². The molecule has 1 aliphatic rings. The van der Waals surface area contributed by atoms with Gasteiger partial charge in [-0.25, -0.2) is 4.79 Å². The monoisotopic (exact) mass is 467 g/mol. The topological polar surface area (TPSA) is 67.8 Å². The predicted octanol–water partition coefficient (Wildman–Crippen LogP) is 3.96. The van der Waals surface area contributed by atoms with Crippen LogP contribution in [0.5, 0.6) is 0 Å². The van der Waals surface area contributed by atoms with Crippen molar-refractivity contribution >= 4 is 28.7 Å². The van der Waals surface area contributed by atoms with E-state index >= 15 is 0 Å². The van der Waals surface area contributed by atoms with Gasteiger partial charge in [0.15, 0.2) is 6.29 Å². The van der Waals surface area contributed by atoms with Crippen molar-refractivity contribution in [1.29, 1.82) is 0 Å². The number of alkyl halides is 1. The molecule has 138 valence electrons. The Morgan fingerprint density at radius 2 is 1.81 bits per heavy atom. The zero-order valence-corrected chi connectivity index (χ0v) is 16.4. The highest BCUT2D eigenvalue weighted by molar-refractivity contribution is 14.1. The Balaban J connectivity index is 1.66. The Kier molecular flexibility index (Phi) is 6.87. The Hall–Kier alpha value is -1.64. The highest BCUT2D eigenvalue weighted by atomic mass is 127. The average molecular weight is 467 g/mol. The summed E-state index contributed by atoms with van der Waals surface area (Å²) in [5, 5.41) is 13.0. The van der Waals surface area contributed by atoms with Crippen molar-refractivity contribution in [3.05, 3.63) is 71.8 Å². The van der Waals surface area contributed by atoms with Gasteiger partial charge in [0, 0.05) is 0 Å². The van der Waals surface area contributed by atoms with Crippen LogP contribution in [0.15, 0.2) is 60.7 Å². The fourth-order valence-corrected chi connectivity index (χ4v) is 3.52. The maximum Gasteiger partial charge on any atom is 0.408 e. The summed E-state index contributed by atoms with van der Waals surface area (Å²) in [5.41, 5.74) is 1.85. The van der Waals surface area contributed by atoms with Crippen molar-refractivity contribution < 1.29 is 19.4 Å². The molecule has 1 fully saturated rings. The first-order chi connectivity index (χ1) is 12.6. The fraction of sp³-hybridized carbons (Fsp3) is 0.350. The van der Waals surface area contributed by atoms with Crippen molar-refractivity contribution in [2.75, 3.05) is 0 Å². The van der Waals surface area contributed by atoms with Crippen molar-refractivity contribution in [2.24, 2.45) is 0 Å². The number of carbonyl (C=O) groups excluding carboxylic acids is 1. The van der Waals surface area contributed by atoms with Crippen molar-refractivity contribution in [1.82, 2.24) is 5.32 Å². The molecule has 1 saturated heterocycles. The van der Waals surface area contributed by atoms with E-state index in [2.05, 4.69) is 27.9 Å². The Labute approximate surface area is 166 Å². The van der Waals surface area contributed by atoms with Crippen LogP contribution in [-0.4, -0.2) is 27.5 Å². The van der Waals surface area contributed by atoms with Crippen molar-refractivity contribution in [3.63, 3.8) is 0 Å². The molecule has 1 aliphatic heterocycles. The van der Waals surface area contributed by atoms with Crippen LogP contribution in [0.1, 0.15) is 30.0 Å². The molecule has 0 bridgehead atoms. The number of alkyl carbamates (subject to hydrolysis) is 1. The number of nitrogens with one attached hydrogen (secondary N) is 1. The molecule has 26 heavy (non-hydrogen) atoms. The lowest BCUT2D eigenvalue weighted by Crippen LogP contribution is -2.44. The molecule has 2 N–H and O–H groups in total. The van der Waals surface area contributed by atoms with E-state index in [1.165, 1.54) is 0 Å². The summed E-state index contributed by atoms with van der Waals surface area (Å²) in [5.74, 6) is 0. The van der Waals surface area contributed by atoms with Gasteiger partial charge >= 0.3 is 6.09 Å². The average Bonchev–Trinajstić information content (AvgIpc) is 2.68. The number of rotatable bonds is 5. The van der Waals surface area contributed by atoms with Gasteiger partial charge in [-0.3, -0.25) is 0 Å². The van der Waals surface area contributed by atoms with E-state index in [-0.39, 0.29) is 22.7 Å². The second kappa shape index (κ2) is 9.34. The number of halogens is 1. The summed E-state index contributed by atoms with van der Waals surface area (Å²) in [4.78, 5) is 12.3. The van der Waals surface area contributed by atoms with Crippen LogP contribution in [0.2, 0.25) is 0 Å². The lowest BCUT2D eigenvalue weighted by molar-refractivity contribution is -0.164. The quantitative estimate of drug-likeness (QED) is 0.516. The molecule has 1 heterocycles. The number of hydrogen-bond donors (Lipinski definition) is 2. The van der Waals surface area contributed by atoms with Gasteiger partial charge in [-0.05, 0) is 24.0 Å². The number of amides is 1. The van der Waals surface area contributed by atoms with E-state index in [9.17, 15) is 9.90 Å².